The zero-order chi connectivity index (χ0) is 14.8. The number of hydrogen-bond donors (Lipinski definition) is 1. The summed E-state index contributed by atoms with van der Waals surface area (Å²) >= 11 is 0. The smallest absolute Gasteiger partial charge is 0.305 e. The van der Waals surface area contributed by atoms with Crippen molar-refractivity contribution < 1.29 is 18.0 Å². The molecule has 1 fully saturated rings. The SMILES string of the molecule is CC1(C(=O)Cc2ccc(C(F)(F)F)cc2)CCCCN1. The molecule has 1 unspecified atom stereocenters. The molecule has 20 heavy (non-hydrogen) atoms. The Balaban J connectivity index is 2.04. The molecule has 0 spiro atoms. The quantitative estimate of drug-likeness (QED) is 0.922. The molecular weight excluding hydrogens is 267 g/mol. The number of Topliss-reactive ketones (excluding diaryl/α,β-unsaturated/α-hetero) is 1. The highest BCUT2D eigenvalue weighted by molar-refractivity contribution is 5.89. The summed E-state index contributed by atoms with van der Waals surface area (Å²) in [6.07, 6.45) is -1.32. The Morgan fingerprint density at radius 2 is 1.90 bits per heavy atom. The number of rotatable bonds is 3. The van der Waals surface area contributed by atoms with Crippen LogP contribution in [0.3, 0.4) is 0 Å². The van der Waals surface area contributed by atoms with E-state index < -0.39 is 17.3 Å². The van der Waals surface area contributed by atoms with Gasteiger partial charge in [0.15, 0.2) is 5.78 Å². The van der Waals surface area contributed by atoms with Crippen LogP contribution in [0.4, 0.5) is 13.2 Å². The van der Waals surface area contributed by atoms with Gasteiger partial charge in [-0.1, -0.05) is 12.1 Å². The van der Waals surface area contributed by atoms with Gasteiger partial charge in [0, 0.05) is 6.42 Å². The van der Waals surface area contributed by atoms with Crippen LogP contribution in [0, 0.1) is 0 Å². The molecule has 2 nitrogen and oxygen atoms in total. The third kappa shape index (κ3) is 3.39. The number of benzene rings is 1. The third-order valence-corrected chi connectivity index (χ3v) is 3.88. The van der Waals surface area contributed by atoms with E-state index in [1.54, 1.807) is 0 Å². The molecule has 1 aliphatic rings. The van der Waals surface area contributed by atoms with E-state index in [1.165, 1.54) is 12.1 Å². The van der Waals surface area contributed by atoms with Crippen molar-refractivity contribution in [2.75, 3.05) is 6.54 Å². The summed E-state index contributed by atoms with van der Waals surface area (Å²) in [7, 11) is 0. The van der Waals surface area contributed by atoms with E-state index in [9.17, 15) is 18.0 Å². The molecule has 1 atom stereocenters. The van der Waals surface area contributed by atoms with Crippen LogP contribution in [0.2, 0.25) is 0 Å². The summed E-state index contributed by atoms with van der Waals surface area (Å²) in [5.41, 5.74) is -0.603. The Labute approximate surface area is 116 Å². The number of carbonyl (C=O) groups excluding carboxylic acids is 1. The highest BCUT2D eigenvalue weighted by Gasteiger charge is 2.34. The lowest BCUT2D eigenvalue weighted by Crippen LogP contribution is -2.52. The highest BCUT2D eigenvalue weighted by atomic mass is 19.4. The molecule has 0 bridgehead atoms. The summed E-state index contributed by atoms with van der Waals surface area (Å²) in [5.74, 6) is 0.0389. The number of carbonyl (C=O) groups is 1. The van der Waals surface area contributed by atoms with Crippen LogP contribution in [-0.4, -0.2) is 17.9 Å². The van der Waals surface area contributed by atoms with Gasteiger partial charge in [0.1, 0.15) is 0 Å². The van der Waals surface area contributed by atoms with E-state index in [-0.39, 0.29) is 12.2 Å². The molecule has 1 aromatic rings. The Morgan fingerprint density at radius 1 is 1.25 bits per heavy atom. The summed E-state index contributed by atoms with van der Waals surface area (Å²) in [6.45, 7) is 2.69. The second-order valence-corrected chi connectivity index (χ2v) is 5.51. The Kier molecular flexibility index (Phi) is 4.18. The summed E-state index contributed by atoms with van der Waals surface area (Å²) in [6, 6.07) is 4.82. The predicted octanol–water partition coefficient (Wildman–Crippen LogP) is 3.35. The normalized spacial score (nSPS) is 23.6. The highest BCUT2D eigenvalue weighted by Crippen LogP contribution is 2.29. The van der Waals surface area contributed by atoms with E-state index in [4.69, 9.17) is 0 Å². The largest absolute Gasteiger partial charge is 0.416 e. The maximum absolute atomic E-state index is 12.5. The average Bonchev–Trinajstić information content (AvgIpc) is 2.39. The van der Waals surface area contributed by atoms with Gasteiger partial charge in [0.2, 0.25) is 0 Å². The fourth-order valence-electron chi connectivity index (χ4n) is 2.49. The molecule has 1 saturated heterocycles. The molecule has 2 rings (SSSR count). The number of hydrogen-bond acceptors (Lipinski definition) is 2. The lowest BCUT2D eigenvalue weighted by atomic mass is 9.84. The molecule has 0 amide bonds. The molecule has 5 heteroatoms. The monoisotopic (exact) mass is 285 g/mol. The topological polar surface area (TPSA) is 29.1 Å². The number of nitrogens with one attached hydrogen (secondary N) is 1. The van der Waals surface area contributed by atoms with Gasteiger partial charge in [-0.2, -0.15) is 13.2 Å². The first-order chi connectivity index (χ1) is 9.31. The van der Waals surface area contributed by atoms with Crippen molar-refractivity contribution >= 4 is 5.78 Å². The van der Waals surface area contributed by atoms with Gasteiger partial charge >= 0.3 is 6.18 Å². The molecule has 1 aliphatic heterocycles. The summed E-state index contributed by atoms with van der Waals surface area (Å²) in [4.78, 5) is 12.3. The summed E-state index contributed by atoms with van der Waals surface area (Å²) in [5, 5.41) is 3.22. The molecule has 0 radical (unpaired) electrons. The van der Waals surface area contributed by atoms with Gasteiger partial charge in [-0.15, -0.1) is 0 Å². The van der Waals surface area contributed by atoms with Crippen LogP contribution >= 0.6 is 0 Å². The minimum Gasteiger partial charge on any atom is -0.305 e. The minimum absolute atomic E-state index is 0.0389. The van der Waals surface area contributed by atoms with E-state index in [0.29, 0.717) is 5.56 Å². The number of alkyl halides is 3. The number of ketones is 1. The zero-order valence-electron chi connectivity index (χ0n) is 11.4. The van der Waals surface area contributed by atoms with Gasteiger partial charge < -0.3 is 5.32 Å². The van der Waals surface area contributed by atoms with Crippen molar-refractivity contribution in [2.24, 2.45) is 0 Å². The second-order valence-electron chi connectivity index (χ2n) is 5.51. The molecule has 1 aromatic carbocycles. The van der Waals surface area contributed by atoms with Crippen molar-refractivity contribution in [1.29, 1.82) is 0 Å². The molecule has 1 heterocycles. The van der Waals surface area contributed by atoms with E-state index in [1.807, 2.05) is 6.92 Å². The van der Waals surface area contributed by atoms with Crippen molar-refractivity contribution in [2.45, 2.75) is 44.3 Å². The average molecular weight is 285 g/mol. The Hall–Kier alpha value is -1.36. The summed E-state index contributed by atoms with van der Waals surface area (Å²) < 4.78 is 37.4. The van der Waals surface area contributed by atoms with E-state index in [0.717, 1.165) is 37.9 Å². The lowest BCUT2D eigenvalue weighted by molar-refractivity contribution is -0.137. The van der Waals surface area contributed by atoms with Crippen LogP contribution < -0.4 is 5.32 Å². The maximum Gasteiger partial charge on any atom is 0.416 e. The molecule has 0 aliphatic carbocycles. The van der Waals surface area contributed by atoms with Crippen LogP contribution in [0.15, 0.2) is 24.3 Å². The van der Waals surface area contributed by atoms with Crippen molar-refractivity contribution in [3.63, 3.8) is 0 Å². The molecular formula is C15H18F3NO. The van der Waals surface area contributed by atoms with Crippen LogP contribution in [0.25, 0.3) is 0 Å². The minimum atomic E-state index is -4.33. The first-order valence-electron chi connectivity index (χ1n) is 6.76. The standard InChI is InChI=1S/C15H18F3NO/c1-14(8-2-3-9-19-14)13(20)10-11-4-6-12(7-5-11)15(16,17)18/h4-7,19H,2-3,8-10H2,1H3. The van der Waals surface area contributed by atoms with Crippen LogP contribution in [0.1, 0.15) is 37.3 Å². The van der Waals surface area contributed by atoms with E-state index >= 15 is 0 Å². The van der Waals surface area contributed by atoms with Gasteiger partial charge in [-0.3, -0.25) is 4.79 Å². The molecule has 110 valence electrons. The molecule has 0 saturated carbocycles. The first kappa shape index (κ1) is 15.0. The predicted molar refractivity (Wildman–Crippen MR) is 70.4 cm³/mol. The molecule has 0 aromatic heterocycles. The third-order valence-electron chi connectivity index (χ3n) is 3.88. The zero-order valence-corrected chi connectivity index (χ0v) is 11.4. The Morgan fingerprint density at radius 3 is 2.40 bits per heavy atom. The van der Waals surface area contributed by atoms with Gasteiger partial charge in [0.25, 0.3) is 0 Å². The number of piperidine rings is 1. The maximum atomic E-state index is 12.5. The second kappa shape index (κ2) is 5.56. The Bertz CT molecular complexity index is 473. The van der Waals surface area contributed by atoms with Crippen molar-refractivity contribution in [3.05, 3.63) is 35.4 Å². The fraction of sp³-hybridized carbons (Fsp3) is 0.533. The van der Waals surface area contributed by atoms with Crippen molar-refractivity contribution in [1.82, 2.24) is 5.32 Å². The lowest BCUT2D eigenvalue weighted by Gasteiger charge is -2.33. The van der Waals surface area contributed by atoms with Gasteiger partial charge in [-0.25, -0.2) is 0 Å². The molecule has 1 N–H and O–H groups in total. The van der Waals surface area contributed by atoms with Crippen molar-refractivity contribution in [3.8, 4) is 0 Å². The van der Waals surface area contributed by atoms with Crippen LogP contribution in [-0.2, 0) is 17.4 Å². The van der Waals surface area contributed by atoms with Gasteiger partial charge in [0.05, 0.1) is 11.1 Å². The number of halogens is 3. The van der Waals surface area contributed by atoms with Gasteiger partial charge in [-0.05, 0) is 50.4 Å². The van der Waals surface area contributed by atoms with Crippen LogP contribution in [0.5, 0.6) is 0 Å². The first-order valence-corrected chi connectivity index (χ1v) is 6.76. The fourth-order valence-corrected chi connectivity index (χ4v) is 2.49. The van der Waals surface area contributed by atoms with E-state index in [2.05, 4.69) is 5.32 Å².